The van der Waals surface area contributed by atoms with Crippen LogP contribution in [0.3, 0.4) is 0 Å². The first-order chi connectivity index (χ1) is 14.5. The molecule has 1 atom stereocenters. The van der Waals surface area contributed by atoms with Crippen molar-refractivity contribution in [3.8, 4) is 21.6 Å². The van der Waals surface area contributed by atoms with Gasteiger partial charge in [-0.25, -0.2) is 4.98 Å². The summed E-state index contributed by atoms with van der Waals surface area (Å²) in [5.41, 5.74) is 8.37. The number of benzene rings is 2. The average Bonchev–Trinajstić information content (AvgIpc) is 3.20. The second kappa shape index (κ2) is 8.55. The van der Waals surface area contributed by atoms with E-state index in [2.05, 4.69) is 57.5 Å². The van der Waals surface area contributed by atoms with Crippen LogP contribution in [0.25, 0.3) is 21.6 Å². The molecule has 0 radical (unpaired) electrons. The van der Waals surface area contributed by atoms with Gasteiger partial charge >= 0.3 is 0 Å². The molecular formula is C24H22N4OS. The number of rotatable bonds is 5. The van der Waals surface area contributed by atoms with E-state index in [0.29, 0.717) is 5.56 Å². The molecule has 0 spiro atoms. The monoisotopic (exact) mass is 414 g/mol. The van der Waals surface area contributed by atoms with Crippen molar-refractivity contribution in [2.45, 2.75) is 26.8 Å². The van der Waals surface area contributed by atoms with Crippen molar-refractivity contribution >= 4 is 17.2 Å². The summed E-state index contributed by atoms with van der Waals surface area (Å²) in [4.78, 5) is 26.9. The zero-order valence-corrected chi connectivity index (χ0v) is 17.9. The Morgan fingerprint density at radius 2 is 1.73 bits per heavy atom. The van der Waals surface area contributed by atoms with Gasteiger partial charge in [-0.2, -0.15) is 0 Å². The van der Waals surface area contributed by atoms with Crippen LogP contribution in [-0.4, -0.2) is 20.9 Å². The zero-order valence-electron chi connectivity index (χ0n) is 17.1. The highest BCUT2D eigenvalue weighted by atomic mass is 32.1. The van der Waals surface area contributed by atoms with E-state index in [1.807, 2.05) is 31.5 Å². The predicted octanol–water partition coefficient (Wildman–Crippen LogP) is 5.37. The van der Waals surface area contributed by atoms with Gasteiger partial charge in [0, 0.05) is 18.0 Å². The van der Waals surface area contributed by atoms with Gasteiger partial charge in [0.15, 0.2) is 0 Å². The number of aryl methyl sites for hydroxylation is 2. The van der Waals surface area contributed by atoms with E-state index in [-0.39, 0.29) is 11.9 Å². The summed E-state index contributed by atoms with van der Waals surface area (Å²) in [6.07, 6.45) is 4.91. The molecule has 5 nitrogen and oxygen atoms in total. The highest BCUT2D eigenvalue weighted by Crippen LogP contribution is 2.32. The number of aromatic nitrogens is 3. The van der Waals surface area contributed by atoms with Crippen LogP contribution < -0.4 is 5.32 Å². The summed E-state index contributed by atoms with van der Waals surface area (Å²) < 4.78 is 0. The predicted molar refractivity (Wildman–Crippen MR) is 120 cm³/mol. The maximum Gasteiger partial charge on any atom is 0.251 e. The largest absolute Gasteiger partial charge is 0.344 e. The Balaban J connectivity index is 1.73. The van der Waals surface area contributed by atoms with Crippen molar-refractivity contribution < 1.29 is 4.79 Å². The average molecular weight is 415 g/mol. The number of hydrogen-bond acceptors (Lipinski definition) is 5. The fraction of sp³-hybridized carbons (Fsp3) is 0.167. The molecule has 0 saturated carbocycles. The Bertz CT molecular complexity index is 1170. The molecule has 2 heterocycles. The number of amides is 1. The van der Waals surface area contributed by atoms with Gasteiger partial charge < -0.3 is 5.32 Å². The molecule has 0 fully saturated rings. The molecule has 0 aliphatic rings. The third-order valence-electron chi connectivity index (χ3n) is 4.96. The van der Waals surface area contributed by atoms with Crippen LogP contribution in [0.4, 0.5) is 0 Å². The van der Waals surface area contributed by atoms with E-state index >= 15 is 0 Å². The first-order valence-electron chi connectivity index (χ1n) is 9.70. The number of hydrogen-bond donors (Lipinski definition) is 1. The second-order valence-corrected chi connectivity index (χ2v) is 8.11. The van der Waals surface area contributed by atoms with Gasteiger partial charge in [-0.3, -0.25) is 14.8 Å². The van der Waals surface area contributed by atoms with E-state index in [4.69, 9.17) is 0 Å². The third-order valence-corrected chi connectivity index (χ3v) is 5.94. The lowest BCUT2D eigenvalue weighted by molar-refractivity contribution is 0.0939. The summed E-state index contributed by atoms with van der Waals surface area (Å²) in [6, 6.07) is 14.1. The molecule has 0 aliphatic carbocycles. The minimum Gasteiger partial charge on any atom is -0.344 e. The quantitative estimate of drug-likeness (QED) is 0.476. The van der Waals surface area contributed by atoms with Gasteiger partial charge in [-0.05, 0) is 55.7 Å². The summed E-state index contributed by atoms with van der Waals surface area (Å²) >= 11 is 1.58. The molecule has 0 aliphatic heterocycles. The number of nitrogens with zero attached hydrogens (tertiary/aromatic N) is 3. The van der Waals surface area contributed by atoms with Gasteiger partial charge in [-0.15, -0.1) is 11.3 Å². The van der Waals surface area contributed by atoms with Crippen LogP contribution in [0, 0.1) is 13.8 Å². The molecule has 4 aromatic rings. The highest BCUT2D eigenvalue weighted by Gasteiger charge is 2.16. The van der Waals surface area contributed by atoms with Crippen molar-refractivity contribution in [2.75, 3.05) is 0 Å². The Hall–Kier alpha value is -3.38. The minimum atomic E-state index is -0.247. The van der Waals surface area contributed by atoms with Crippen molar-refractivity contribution in [3.63, 3.8) is 0 Å². The van der Waals surface area contributed by atoms with Crippen LogP contribution in [0.5, 0.6) is 0 Å². The molecule has 1 N–H and O–H groups in total. The maximum absolute atomic E-state index is 13.1. The summed E-state index contributed by atoms with van der Waals surface area (Å²) in [6.45, 7) is 5.95. The SMILES string of the molecule is Cc1ccc(-c2cc(C(=O)NC(C)c3cnccn3)cc(-c3scnc3C)c2)cc1. The number of carbonyl (C=O) groups excluding carboxylic acids is 1. The van der Waals surface area contributed by atoms with E-state index in [1.165, 1.54) is 5.56 Å². The van der Waals surface area contributed by atoms with Gasteiger partial charge in [0.05, 0.1) is 34.0 Å². The van der Waals surface area contributed by atoms with Crippen molar-refractivity contribution in [1.82, 2.24) is 20.3 Å². The maximum atomic E-state index is 13.1. The molecule has 6 heteroatoms. The molecule has 1 amide bonds. The smallest absolute Gasteiger partial charge is 0.251 e. The molecule has 0 saturated heterocycles. The topological polar surface area (TPSA) is 67.8 Å². The van der Waals surface area contributed by atoms with Gasteiger partial charge in [0.25, 0.3) is 5.91 Å². The minimum absolute atomic E-state index is 0.148. The summed E-state index contributed by atoms with van der Waals surface area (Å²) in [5, 5.41) is 3.03. The van der Waals surface area contributed by atoms with Crippen LogP contribution >= 0.6 is 11.3 Å². The van der Waals surface area contributed by atoms with Crippen LogP contribution in [0.15, 0.2) is 66.6 Å². The summed E-state index contributed by atoms with van der Waals surface area (Å²) in [7, 11) is 0. The third kappa shape index (κ3) is 4.28. The normalized spacial score (nSPS) is 11.8. The van der Waals surface area contributed by atoms with Crippen LogP contribution in [0.2, 0.25) is 0 Å². The van der Waals surface area contributed by atoms with Crippen molar-refractivity contribution in [2.24, 2.45) is 0 Å². The Kier molecular flexibility index (Phi) is 5.68. The fourth-order valence-electron chi connectivity index (χ4n) is 3.27. The van der Waals surface area contributed by atoms with Gasteiger partial charge in [0.2, 0.25) is 0 Å². The Morgan fingerprint density at radius 1 is 0.967 bits per heavy atom. The molecule has 2 aromatic carbocycles. The standard InChI is InChI=1S/C24H22N4OS/c1-15-4-6-18(7-5-15)19-10-20(23-17(3)27-14-30-23)12-21(11-19)24(29)28-16(2)22-13-25-8-9-26-22/h4-14,16H,1-3H3,(H,28,29). The molecule has 2 aromatic heterocycles. The molecular weight excluding hydrogens is 392 g/mol. The van der Waals surface area contributed by atoms with Crippen LogP contribution in [0.1, 0.15) is 40.3 Å². The fourth-order valence-corrected chi connectivity index (χ4v) is 4.06. The van der Waals surface area contributed by atoms with Gasteiger partial charge in [-0.1, -0.05) is 29.8 Å². The molecule has 30 heavy (non-hydrogen) atoms. The molecule has 4 rings (SSSR count). The number of nitrogens with one attached hydrogen (secondary N) is 1. The Labute approximate surface area is 179 Å². The number of thiazole rings is 1. The van der Waals surface area contributed by atoms with Gasteiger partial charge in [0.1, 0.15) is 0 Å². The molecule has 0 bridgehead atoms. The van der Waals surface area contributed by atoms with E-state index < -0.39 is 0 Å². The van der Waals surface area contributed by atoms with Crippen LogP contribution in [-0.2, 0) is 0 Å². The highest BCUT2D eigenvalue weighted by molar-refractivity contribution is 7.13. The lowest BCUT2D eigenvalue weighted by Crippen LogP contribution is -2.27. The van der Waals surface area contributed by atoms with E-state index in [1.54, 1.807) is 29.9 Å². The Morgan fingerprint density at radius 3 is 2.40 bits per heavy atom. The van der Waals surface area contributed by atoms with E-state index in [0.717, 1.165) is 33.0 Å². The van der Waals surface area contributed by atoms with Crippen molar-refractivity contribution in [3.05, 3.63) is 89.1 Å². The first kappa shape index (κ1) is 19.9. The molecule has 150 valence electrons. The molecule has 1 unspecified atom stereocenters. The first-order valence-corrected chi connectivity index (χ1v) is 10.6. The second-order valence-electron chi connectivity index (χ2n) is 7.26. The lowest BCUT2D eigenvalue weighted by atomic mass is 9.97. The number of carbonyl (C=O) groups is 1. The van der Waals surface area contributed by atoms with E-state index in [9.17, 15) is 4.79 Å². The van der Waals surface area contributed by atoms with Crippen molar-refractivity contribution in [1.29, 1.82) is 0 Å². The lowest BCUT2D eigenvalue weighted by Gasteiger charge is -2.15. The zero-order chi connectivity index (χ0) is 21.1. The summed E-state index contributed by atoms with van der Waals surface area (Å²) in [5.74, 6) is -0.148.